The summed E-state index contributed by atoms with van der Waals surface area (Å²) in [7, 11) is 0. The zero-order valence-electron chi connectivity index (χ0n) is 15.8. The Hall–Kier alpha value is -3.86. The van der Waals surface area contributed by atoms with Crippen LogP contribution in [0.4, 0.5) is 11.4 Å². The molecule has 11 nitrogen and oxygen atoms in total. The van der Waals surface area contributed by atoms with E-state index in [4.69, 9.17) is 9.47 Å². The second-order valence-electron chi connectivity index (χ2n) is 6.57. The average Bonchev–Trinajstić information content (AvgIpc) is 2.72. The molecule has 0 heterocycles. The summed E-state index contributed by atoms with van der Waals surface area (Å²) in [5.74, 6) is -1.49. The molecule has 2 aromatic rings. The fourth-order valence-electron chi connectivity index (χ4n) is 2.26. The highest BCUT2D eigenvalue weighted by atomic mass is 16.6. The summed E-state index contributed by atoms with van der Waals surface area (Å²) in [5.41, 5.74) is -1.63. The van der Waals surface area contributed by atoms with Crippen molar-refractivity contribution in [2.75, 3.05) is 13.2 Å². The Bertz CT molecular complexity index is 937. The topological polar surface area (TPSA) is 159 Å². The van der Waals surface area contributed by atoms with Gasteiger partial charge in [0.05, 0.1) is 33.2 Å². The average molecular weight is 418 g/mol. The van der Waals surface area contributed by atoms with Gasteiger partial charge in [-0.15, -0.1) is 0 Å². The summed E-state index contributed by atoms with van der Waals surface area (Å²) < 4.78 is 10.0. The minimum Gasteiger partial charge on any atom is -0.462 e. The maximum absolute atomic E-state index is 12.0. The van der Waals surface area contributed by atoms with Crippen LogP contribution in [-0.4, -0.2) is 45.7 Å². The predicted octanol–water partition coefficient (Wildman–Crippen LogP) is 2.66. The van der Waals surface area contributed by atoms with Gasteiger partial charge in [-0.3, -0.25) is 20.2 Å². The number of esters is 2. The number of non-ortho nitro benzene ring substituents is 2. The van der Waals surface area contributed by atoms with Gasteiger partial charge in [-0.25, -0.2) is 9.59 Å². The Labute approximate surface area is 170 Å². The zero-order chi connectivity index (χ0) is 22.3. The van der Waals surface area contributed by atoms with Crippen molar-refractivity contribution < 1.29 is 34.0 Å². The minimum absolute atomic E-state index is 0.0424. The van der Waals surface area contributed by atoms with Crippen molar-refractivity contribution >= 4 is 23.3 Å². The van der Waals surface area contributed by atoms with Crippen LogP contribution >= 0.6 is 0 Å². The van der Waals surface area contributed by atoms with Crippen LogP contribution in [0.3, 0.4) is 0 Å². The third-order valence-corrected chi connectivity index (χ3v) is 4.02. The molecule has 2 rings (SSSR count). The second-order valence-corrected chi connectivity index (χ2v) is 6.57. The number of hydrogen-bond acceptors (Lipinski definition) is 9. The highest BCUT2D eigenvalue weighted by molar-refractivity contribution is 5.90. The van der Waals surface area contributed by atoms with E-state index in [2.05, 4.69) is 0 Å². The smallest absolute Gasteiger partial charge is 0.338 e. The standard InChI is InChI=1S/C19H18N2O9/c1-19(24,12-30-18(23)14-4-8-16(9-5-14)21(27)28)10-11-29-17(22)13-2-6-15(7-3-13)20(25)26/h2-9,24H,10-12H2,1H3. The summed E-state index contributed by atoms with van der Waals surface area (Å²) in [6, 6.07) is 9.64. The van der Waals surface area contributed by atoms with Gasteiger partial charge in [0, 0.05) is 30.7 Å². The van der Waals surface area contributed by atoms with Crippen molar-refractivity contribution in [2.24, 2.45) is 0 Å². The van der Waals surface area contributed by atoms with E-state index in [-0.39, 0.29) is 35.5 Å². The van der Waals surface area contributed by atoms with Crippen LogP contribution < -0.4 is 0 Å². The number of nitro benzene ring substituents is 2. The molecule has 0 aliphatic carbocycles. The van der Waals surface area contributed by atoms with E-state index in [0.29, 0.717) is 0 Å². The molecule has 0 radical (unpaired) electrons. The van der Waals surface area contributed by atoms with Crippen LogP contribution in [0.25, 0.3) is 0 Å². The Morgan fingerprint density at radius 2 is 1.27 bits per heavy atom. The number of aliphatic hydroxyl groups is 1. The maximum Gasteiger partial charge on any atom is 0.338 e. The number of carbonyl (C=O) groups excluding carboxylic acids is 2. The summed E-state index contributed by atoms with van der Waals surface area (Å²) in [6.07, 6.45) is -0.0424. The molecular formula is C19H18N2O9. The first-order valence-electron chi connectivity index (χ1n) is 8.64. The van der Waals surface area contributed by atoms with E-state index in [1.807, 2.05) is 0 Å². The van der Waals surface area contributed by atoms with Gasteiger partial charge in [0.15, 0.2) is 0 Å². The lowest BCUT2D eigenvalue weighted by atomic mass is 10.0. The van der Waals surface area contributed by atoms with Gasteiger partial charge in [-0.05, 0) is 31.2 Å². The molecule has 0 aliphatic heterocycles. The Morgan fingerprint density at radius 3 is 1.67 bits per heavy atom. The van der Waals surface area contributed by atoms with Gasteiger partial charge in [-0.2, -0.15) is 0 Å². The van der Waals surface area contributed by atoms with Crippen molar-refractivity contribution in [3.63, 3.8) is 0 Å². The monoisotopic (exact) mass is 418 g/mol. The number of nitro groups is 2. The lowest BCUT2D eigenvalue weighted by molar-refractivity contribution is -0.385. The summed E-state index contributed by atoms with van der Waals surface area (Å²) >= 11 is 0. The molecule has 1 N–H and O–H groups in total. The van der Waals surface area contributed by atoms with Crippen molar-refractivity contribution in [3.8, 4) is 0 Å². The molecular weight excluding hydrogens is 400 g/mol. The van der Waals surface area contributed by atoms with Crippen LogP contribution in [0.15, 0.2) is 48.5 Å². The van der Waals surface area contributed by atoms with Gasteiger partial charge in [-0.1, -0.05) is 0 Å². The summed E-state index contributed by atoms with van der Waals surface area (Å²) in [6.45, 7) is 0.811. The van der Waals surface area contributed by atoms with Gasteiger partial charge >= 0.3 is 11.9 Å². The third kappa shape index (κ3) is 6.34. The molecule has 1 unspecified atom stereocenters. The highest BCUT2D eigenvalue weighted by Gasteiger charge is 2.24. The van der Waals surface area contributed by atoms with Crippen LogP contribution in [-0.2, 0) is 9.47 Å². The van der Waals surface area contributed by atoms with Crippen molar-refractivity contribution in [2.45, 2.75) is 18.9 Å². The Kier molecular flexibility index (Phi) is 7.15. The lowest BCUT2D eigenvalue weighted by Gasteiger charge is -2.22. The quantitative estimate of drug-likeness (QED) is 0.367. The summed E-state index contributed by atoms with van der Waals surface area (Å²) in [4.78, 5) is 43.9. The van der Waals surface area contributed by atoms with Gasteiger partial charge < -0.3 is 14.6 Å². The van der Waals surface area contributed by atoms with E-state index in [1.165, 1.54) is 43.3 Å². The molecule has 0 spiro atoms. The Balaban J connectivity index is 1.80. The first-order chi connectivity index (χ1) is 14.1. The van der Waals surface area contributed by atoms with Crippen LogP contribution in [0.1, 0.15) is 34.1 Å². The fourth-order valence-corrected chi connectivity index (χ4v) is 2.26. The molecule has 0 bridgehead atoms. The lowest BCUT2D eigenvalue weighted by Crippen LogP contribution is -2.33. The number of rotatable bonds is 9. The van der Waals surface area contributed by atoms with E-state index in [1.54, 1.807) is 0 Å². The van der Waals surface area contributed by atoms with E-state index in [0.717, 1.165) is 12.1 Å². The molecule has 0 aliphatic rings. The molecule has 2 aromatic carbocycles. The first-order valence-corrected chi connectivity index (χ1v) is 8.64. The van der Waals surface area contributed by atoms with E-state index < -0.39 is 34.0 Å². The molecule has 11 heteroatoms. The molecule has 0 fully saturated rings. The number of hydrogen-bond donors (Lipinski definition) is 1. The van der Waals surface area contributed by atoms with Crippen molar-refractivity contribution in [1.29, 1.82) is 0 Å². The van der Waals surface area contributed by atoms with Crippen molar-refractivity contribution in [3.05, 3.63) is 79.9 Å². The minimum atomic E-state index is -1.49. The molecule has 0 saturated carbocycles. The van der Waals surface area contributed by atoms with Crippen LogP contribution in [0.5, 0.6) is 0 Å². The predicted molar refractivity (Wildman–Crippen MR) is 102 cm³/mol. The number of carbonyl (C=O) groups is 2. The highest BCUT2D eigenvalue weighted by Crippen LogP contribution is 2.16. The Morgan fingerprint density at radius 1 is 0.867 bits per heavy atom. The first kappa shape index (κ1) is 22.4. The van der Waals surface area contributed by atoms with Crippen LogP contribution in [0.2, 0.25) is 0 Å². The van der Waals surface area contributed by atoms with E-state index >= 15 is 0 Å². The SMILES string of the molecule is CC(O)(CCOC(=O)c1ccc([N+](=O)[O-])cc1)COC(=O)c1ccc([N+](=O)[O-])cc1. The molecule has 158 valence electrons. The molecule has 0 amide bonds. The zero-order valence-corrected chi connectivity index (χ0v) is 15.8. The number of nitrogens with zero attached hydrogens (tertiary/aromatic N) is 2. The molecule has 30 heavy (non-hydrogen) atoms. The number of ether oxygens (including phenoxy) is 2. The van der Waals surface area contributed by atoms with Gasteiger partial charge in [0.1, 0.15) is 6.61 Å². The van der Waals surface area contributed by atoms with Gasteiger partial charge in [0.2, 0.25) is 0 Å². The number of benzene rings is 2. The maximum atomic E-state index is 12.0. The van der Waals surface area contributed by atoms with Crippen LogP contribution in [0, 0.1) is 20.2 Å². The largest absolute Gasteiger partial charge is 0.462 e. The van der Waals surface area contributed by atoms with Crippen molar-refractivity contribution in [1.82, 2.24) is 0 Å². The fraction of sp³-hybridized carbons (Fsp3) is 0.263. The second kappa shape index (κ2) is 9.56. The molecule has 0 saturated heterocycles. The van der Waals surface area contributed by atoms with E-state index in [9.17, 15) is 34.9 Å². The van der Waals surface area contributed by atoms with Gasteiger partial charge in [0.25, 0.3) is 11.4 Å². The third-order valence-electron chi connectivity index (χ3n) is 4.02. The summed E-state index contributed by atoms with van der Waals surface area (Å²) in [5, 5.41) is 31.5. The normalized spacial score (nSPS) is 12.5. The molecule has 1 atom stereocenters. The molecule has 0 aromatic heterocycles.